The van der Waals surface area contributed by atoms with Gasteiger partial charge in [-0.25, -0.2) is 0 Å². The van der Waals surface area contributed by atoms with Gasteiger partial charge in [0.25, 0.3) is 5.24 Å². The van der Waals surface area contributed by atoms with Gasteiger partial charge in [-0.15, -0.1) is 0 Å². The Morgan fingerprint density at radius 3 is 1.80 bits per heavy atom. The third kappa shape index (κ3) is 29.8. The summed E-state index contributed by atoms with van der Waals surface area (Å²) in [5, 5.41) is 0.0370. The minimum Gasteiger partial charge on any atom is -0.462 e. The molecular formula is C38H72N2O5S. The molecule has 0 radical (unpaired) electrons. The fourth-order valence-electron chi connectivity index (χ4n) is 5.23. The summed E-state index contributed by atoms with van der Waals surface area (Å²) in [5.41, 5.74) is 0. The molecule has 0 aliphatic carbocycles. The zero-order valence-electron chi connectivity index (χ0n) is 30.7. The number of hydrogen-bond acceptors (Lipinski definition) is 7. The average Bonchev–Trinajstić information content (AvgIpc) is 3.02. The lowest BCUT2D eigenvalue weighted by Crippen LogP contribution is -2.31. The van der Waals surface area contributed by atoms with Crippen molar-refractivity contribution in [3.8, 4) is 0 Å². The second kappa shape index (κ2) is 33.4. The number of carbonyl (C=O) groups excluding carboxylic acids is 3. The van der Waals surface area contributed by atoms with Gasteiger partial charge in [-0.2, -0.15) is 0 Å². The van der Waals surface area contributed by atoms with Crippen LogP contribution in [0.4, 0.5) is 4.79 Å². The number of carbonyl (C=O) groups is 3. The molecule has 0 rings (SSSR count). The molecule has 0 bridgehead atoms. The number of esters is 2. The standard InChI is InChI=1S/C38H72N2O5S/c1-6-9-12-15-16-19-24-33-44-36(41)29-25-31-40(38(43)46-34-32-39(4)5)30-23-22-28-37(42)45-35(26-20-17-13-10-7-2)27-21-18-14-11-8-3/h19,24,35H,6-18,20-23,25-34H2,1-5H3/b24-19-. The predicted octanol–water partition coefficient (Wildman–Crippen LogP) is 10.4. The summed E-state index contributed by atoms with van der Waals surface area (Å²) in [6, 6.07) is 0. The van der Waals surface area contributed by atoms with Crippen molar-refractivity contribution in [2.75, 3.05) is 46.1 Å². The molecule has 270 valence electrons. The molecule has 0 aromatic carbocycles. The Hall–Kier alpha value is -1.54. The summed E-state index contributed by atoms with van der Waals surface area (Å²) in [6.45, 7) is 8.89. The van der Waals surface area contributed by atoms with Gasteiger partial charge in [0.15, 0.2) is 0 Å². The van der Waals surface area contributed by atoms with Gasteiger partial charge in [-0.05, 0) is 71.9 Å². The van der Waals surface area contributed by atoms with E-state index in [1.165, 1.54) is 88.8 Å². The number of nitrogens with zero attached hydrogens (tertiary/aromatic N) is 2. The predicted molar refractivity (Wildman–Crippen MR) is 197 cm³/mol. The van der Waals surface area contributed by atoms with E-state index >= 15 is 0 Å². The van der Waals surface area contributed by atoms with Crippen LogP contribution in [-0.4, -0.2) is 79.2 Å². The summed E-state index contributed by atoms with van der Waals surface area (Å²) >= 11 is 1.32. The Bertz CT molecular complexity index is 747. The lowest BCUT2D eigenvalue weighted by Gasteiger charge is -2.22. The first kappa shape index (κ1) is 44.5. The highest BCUT2D eigenvalue weighted by atomic mass is 32.2. The van der Waals surface area contributed by atoms with Gasteiger partial charge in [-0.3, -0.25) is 14.4 Å². The topological polar surface area (TPSA) is 76.1 Å². The number of hydrogen-bond donors (Lipinski definition) is 0. The Labute approximate surface area is 288 Å². The first-order valence-corrected chi connectivity index (χ1v) is 19.9. The minimum atomic E-state index is -0.226. The summed E-state index contributed by atoms with van der Waals surface area (Å²) in [5.74, 6) is 0.388. The molecule has 0 saturated carbocycles. The summed E-state index contributed by atoms with van der Waals surface area (Å²) in [4.78, 5) is 41.9. The van der Waals surface area contributed by atoms with Crippen LogP contribution < -0.4 is 0 Å². The largest absolute Gasteiger partial charge is 0.462 e. The van der Waals surface area contributed by atoms with Gasteiger partial charge in [0.05, 0.1) is 0 Å². The smallest absolute Gasteiger partial charge is 0.306 e. The zero-order valence-corrected chi connectivity index (χ0v) is 31.5. The number of unbranched alkanes of at least 4 members (excludes halogenated alkanes) is 13. The first-order valence-electron chi connectivity index (χ1n) is 18.9. The zero-order chi connectivity index (χ0) is 34.1. The third-order valence-electron chi connectivity index (χ3n) is 8.18. The van der Waals surface area contributed by atoms with Crippen LogP contribution >= 0.6 is 11.8 Å². The summed E-state index contributed by atoms with van der Waals surface area (Å²) in [6.07, 6.45) is 26.8. The Kier molecular flexibility index (Phi) is 32.2. The maximum atomic E-state index is 13.0. The van der Waals surface area contributed by atoms with E-state index < -0.39 is 0 Å². The summed E-state index contributed by atoms with van der Waals surface area (Å²) < 4.78 is 11.3. The molecule has 0 aromatic heterocycles. The molecule has 0 heterocycles. The van der Waals surface area contributed by atoms with Crippen LogP contribution in [0.1, 0.15) is 162 Å². The highest BCUT2D eigenvalue weighted by Crippen LogP contribution is 2.18. The van der Waals surface area contributed by atoms with Gasteiger partial charge in [0, 0.05) is 38.2 Å². The SMILES string of the molecule is CCCCCC/C=C\COC(=O)CCCN(CCCCC(=O)OC(CCCCCCC)CCCCCCC)C(=O)SCCN(C)C. The van der Waals surface area contributed by atoms with Crippen LogP contribution in [0.25, 0.3) is 0 Å². The molecular weight excluding hydrogens is 596 g/mol. The fraction of sp³-hybridized carbons (Fsp3) is 0.868. The van der Waals surface area contributed by atoms with Gasteiger partial charge in [0.2, 0.25) is 0 Å². The lowest BCUT2D eigenvalue weighted by atomic mass is 10.0. The second-order valence-corrected chi connectivity index (χ2v) is 14.0. The van der Waals surface area contributed by atoms with E-state index in [1.807, 2.05) is 25.1 Å². The van der Waals surface area contributed by atoms with Crippen LogP contribution in [0.3, 0.4) is 0 Å². The molecule has 1 amide bonds. The molecule has 0 aromatic rings. The van der Waals surface area contributed by atoms with E-state index in [0.29, 0.717) is 45.4 Å². The van der Waals surface area contributed by atoms with Gasteiger partial charge in [-0.1, -0.05) is 115 Å². The number of amides is 1. The van der Waals surface area contributed by atoms with Crippen LogP contribution in [0.15, 0.2) is 12.2 Å². The summed E-state index contributed by atoms with van der Waals surface area (Å²) in [7, 11) is 4.00. The fourth-order valence-corrected chi connectivity index (χ4v) is 6.23. The Morgan fingerprint density at radius 2 is 1.20 bits per heavy atom. The van der Waals surface area contributed by atoms with E-state index in [9.17, 15) is 14.4 Å². The van der Waals surface area contributed by atoms with E-state index in [-0.39, 0.29) is 23.3 Å². The molecule has 0 fully saturated rings. The lowest BCUT2D eigenvalue weighted by molar-refractivity contribution is -0.150. The third-order valence-corrected chi connectivity index (χ3v) is 9.07. The van der Waals surface area contributed by atoms with E-state index in [0.717, 1.165) is 50.8 Å². The van der Waals surface area contributed by atoms with Gasteiger partial charge in [0.1, 0.15) is 12.7 Å². The molecule has 0 aliphatic heterocycles. The normalized spacial score (nSPS) is 11.5. The van der Waals surface area contributed by atoms with Crippen molar-refractivity contribution in [1.82, 2.24) is 9.80 Å². The van der Waals surface area contributed by atoms with E-state index in [4.69, 9.17) is 9.47 Å². The number of thioether (sulfide) groups is 1. The molecule has 0 N–H and O–H groups in total. The maximum absolute atomic E-state index is 13.0. The number of allylic oxidation sites excluding steroid dienone is 1. The average molecular weight is 669 g/mol. The van der Waals surface area contributed by atoms with Crippen LogP contribution in [0.5, 0.6) is 0 Å². The maximum Gasteiger partial charge on any atom is 0.306 e. The molecule has 0 unspecified atom stereocenters. The Balaban J connectivity index is 4.64. The molecule has 0 saturated heterocycles. The quantitative estimate of drug-likeness (QED) is 0.0401. The van der Waals surface area contributed by atoms with Crippen molar-refractivity contribution in [1.29, 1.82) is 0 Å². The molecule has 46 heavy (non-hydrogen) atoms. The van der Waals surface area contributed by atoms with Crippen molar-refractivity contribution in [2.45, 2.75) is 168 Å². The number of ether oxygens (including phenoxy) is 2. The van der Waals surface area contributed by atoms with Crippen LogP contribution in [0.2, 0.25) is 0 Å². The van der Waals surface area contributed by atoms with Crippen LogP contribution in [0, 0.1) is 0 Å². The molecule has 8 heteroatoms. The van der Waals surface area contributed by atoms with Gasteiger partial charge < -0.3 is 19.3 Å². The molecule has 0 aliphatic rings. The van der Waals surface area contributed by atoms with Crippen molar-refractivity contribution < 1.29 is 23.9 Å². The van der Waals surface area contributed by atoms with Gasteiger partial charge >= 0.3 is 11.9 Å². The second-order valence-electron chi connectivity index (χ2n) is 13.0. The number of rotatable bonds is 32. The monoisotopic (exact) mass is 669 g/mol. The highest BCUT2D eigenvalue weighted by molar-refractivity contribution is 8.13. The van der Waals surface area contributed by atoms with Crippen molar-refractivity contribution in [2.24, 2.45) is 0 Å². The molecule has 0 spiro atoms. The molecule has 0 atom stereocenters. The highest BCUT2D eigenvalue weighted by Gasteiger charge is 2.17. The van der Waals surface area contributed by atoms with Crippen LogP contribution in [-0.2, 0) is 19.1 Å². The first-order chi connectivity index (χ1) is 22.3. The van der Waals surface area contributed by atoms with Crippen molar-refractivity contribution in [3.63, 3.8) is 0 Å². The molecule has 7 nitrogen and oxygen atoms in total. The minimum absolute atomic E-state index is 0.0305. The van der Waals surface area contributed by atoms with E-state index in [2.05, 4.69) is 31.7 Å². The van der Waals surface area contributed by atoms with E-state index in [1.54, 1.807) is 0 Å². The Morgan fingerprint density at radius 1 is 0.630 bits per heavy atom. The van der Waals surface area contributed by atoms with Crippen molar-refractivity contribution in [3.05, 3.63) is 12.2 Å². The van der Waals surface area contributed by atoms with Crippen molar-refractivity contribution >= 4 is 28.9 Å².